The molecule has 1 N–H and O–H groups in total. The Balaban J connectivity index is 1.76. The van der Waals surface area contributed by atoms with Gasteiger partial charge in [0.2, 0.25) is 17.3 Å². The van der Waals surface area contributed by atoms with Crippen LogP contribution in [0.25, 0.3) is 11.4 Å². The van der Waals surface area contributed by atoms with Crippen LogP contribution in [0, 0.1) is 0 Å². The van der Waals surface area contributed by atoms with E-state index in [4.69, 9.17) is 4.52 Å². The van der Waals surface area contributed by atoms with Crippen molar-refractivity contribution in [1.29, 1.82) is 0 Å². The maximum absolute atomic E-state index is 12.1. The maximum atomic E-state index is 12.1. The number of hydrogen-bond donors (Lipinski definition) is 1. The predicted octanol–water partition coefficient (Wildman–Crippen LogP) is 1.93. The van der Waals surface area contributed by atoms with E-state index in [9.17, 15) is 9.59 Å². The van der Waals surface area contributed by atoms with Gasteiger partial charge in [-0.05, 0) is 25.1 Å². The molecule has 0 fully saturated rings. The molecule has 7 nitrogen and oxygen atoms in total. The third kappa shape index (κ3) is 3.24. The third-order valence-corrected chi connectivity index (χ3v) is 3.54. The van der Waals surface area contributed by atoms with E-state index < -0.39 is 6.04 Å². The highest BCUT2D eigenvalue weighted by molar-refractivity contribution is 5.94. The molecule has 0 unspecified atom stereocenters. The molecule has 0 saturated heterocycles. The van der Waals surface area contributed by atoms with Gasteiger partial charge in [-0.25, -0.2) is 0 Å². The minimum absolute atomic E-state index is 0.119. The van der Waals surface area contributed by atoms with Crippen LogP contribution < -0.4 is 10.9 Å². The number of aryl methyl sites for hydroxylation is 1. The van der Waals surface area contributed by atoms with Crippen molar-refractivity contribution in [3.05, 3.63) is 70.5 Å². The van der Waals surface area contributed by atoms with Crippen molar-refractivity contribution >= 4 is 5.91 Å². The van der Waals surface area contributed by atoms with Gasteiger partial charge in [0.1, 0.15) is 6.04 Å². The largest absolute Gasteiger partial charge is 0.341 e. The second kappa shape index (κ2) is 6.49. The first-order valence-corrected chi connectivity index (χ1v) is 7.41. The predicted molar refractivity (Wildman–Crippen MR) is 87.3 cm³/mol. The highest BCUT2D eigenvalue weighted by Gasteiger charge is 2.18. The molecule has 0 aliphatic carbocycles. The second-order valence-corrected chi connectivity index (χ2v) is 5.38. The molecule has 0 spiro atoms. The molecule has 3 aromatic rings. The Morgan fingerprint density at radius 3 is 2.67 bits per heavy atom. The zero-order valence-corrected chi connectivity index (χ0v) is 13.3. The Morgan fingerprint density at radius 2 is 1.96 bits per heavy atom. The summed E-state index contributed by atoms with van der Waals surface area (Å²) in [6.07, 6.45) is 1.63. The van der Waals surface area contributed by atoms with Crippen molar-refractivity contribution in [2.75, 3.05) is 0 Å². The molecule has 2 aromatic heterocycles. The van der Waals surface area contributed by atoms with Crippen LogP contribution in [-0.2, 0) is 7.05 Å². The monoisotopic (exact) mass is 324 g/mol. The third-order valence-electron chi connectivity index (χ3n) is 3.54. The number of hydrogen-bond acceptors (Lipinski definition) is 5. The van der Waals surface area contributed by atoms with E-state index >= 15 is 0 Å². The van der Waals surface area contributed by atoms with Crippen molar-refractivity contribution in [2.24, 2.45) is 7.05 Å². The van der Waals surface area contributed by atoms with Crippen LogP contribution in [0.3, 0.4) is 0 Å². The van der Waals surface area contributed by atoms with Gasteiger partial charge >= 0.3 is 0 Å². The molecule has 122 valence electrons. The summed E-state index contributed by atoms with van der Waals surface area (Å²) in [5.41, 5.74) is 1.10. The number of aromatic nitrogens is 3. The molecular weight excluding hydrogens is 308 g/mol. The lowest BCUT2D eigenvalue weighted by Crippen LogP contribution is -2.26. The number of benzene rings is 1. The van der Waals surface area contributed by atoms with Crippen LogP contribution in [0.4, 0.5) is 0 Å². The molecular formula is C17H16N4O3. The van der Waals surface area contributed by atoms with Crippen molar-refractivity contribution in [3.8, 4) is 11.4 Å². The van der Waals surface area contributed by atoms with E-state index in [2.05, 4.69) is 15.5 Å². The number of nitrogens with one attached hydrogen (secondary N) is 1. The van der Waals surface area contributed by atoms with Crippen LogP contribution >= 0.6 is 0 Å². The van der Waals surface area contributed by atoms with Crippen LogP contribution in [0.1, 0.15) is 29.2 Å². The van der Waals surface area contributed by atoms with Crippen molar-refractivity contribution in [1.82, 2.24) is 20.0 Å². The van der Waals surface area contributed by atoms with Gasteiger partial charge in [0.25, 0.3) is 5.91 Å². The smallest absolute Gasteiger partial charge is 0.251 e. The van der Waals surface area contributed by atoms with Crippen LogP contribution in [0.15, 0.2) is 58.0 Å². The summed E-state index contributed by atoms with van der Waals surface area (Å²) >= 11 is 0. The Labute approximate surface area is 137 Å². The van der Waals surface area contributed by atoms with Crippen LogP contribution in [-0.4, -0.2) is 20.6 Å². The SMILES string of the molecule is C[C@H](NC(=O)c1ccccc1)c1nc(-c2ccc(=O)n(C)c2)no1. The fourth-order valence-corrected chi connectivity index (χ4v) is 2.19. The lowest BCUT2D eigenvalue weighted by Gasteiger charge is -2.09. The lowest BCUT2D eigenvalue weighted by atomic mass is 10.2. The van der Waals surface area contributed by atoms with E-state index in [0.29, 0.717) is 22.8 Å². The quantitative estimate of drug-likeness (QED) is 0.792. The lowest BCUT2D eigenvalue weighted by molar-refractivity contribution is 0.0932. The molecule has 0 radical (unpaired) electrons. The molecule has 1 atom stereocenters. The van der Waals surface area contributed by atoms with Crippen LogP contribution in [0.5, 0.6) is 0 Å². The number of carbonyl (C=O) groups excluding carboxylic acids is 1. The van der Waals surface area contributed by atoms with Crippen molar-refractivity contribution in [3.63, 3.8) is 0 Å². The number of amides is 1. The van der Waals surface area contributed by atoms with Gasteiger partial charge in [-0.3, -0.25) is 9.59 Å². The Morgan fingerprint density at radius 1 is 1.21 bits per heavy atom. The molecule has 0 aliphatic rings. The van der Waals surface area contributed by atoms with E-state index in [0.717, 1.165) is 0 Å². The molecule has 24 heavy (non-hydrogen) atoms. The zero-order valence-electron chi connectivity index (χ0n) is 13.3. The van der Waals surface area contributed by atoms with Gasteiger partial charge < -0.3 is 14.4 Å². The molecule has 2 heterocycles. The first-order chi connectivity index (χ1) is 11.5. The summed E-state index contributed by atoms with van der Waals surface area (Å²) < 4.78 is 6.66. The van der Waals surface area contributed by atoms with E-state index in [1.54, 1.807) is 50.5 Å². The van der Waals surface area contributed by atoms with Gasteiger partial charge in [0.15, 0.2) is 0 Å². The molecule has 1 amide bonds. The minimum atomic E-state index is -0.438. The minimum Gasteiger partial charge on any atom is -0.341 e. The van der Waals surface area contributed by atoms with Gasteiger partial charge in [-0.2, -0.15) is 4.98 Å². The highest BCUT2D eigenvalue weighted by Crippen LogP contribution is 2.17. The number of nitrogens with zero attached hydrogens (tertiary/aromatic N) is 3. The Hall–Kier alpha value is -3.22. The second-order valence-electron chi connectivity index (χ2n) is 5.38. The van der Waals surface area contributed by atoms with E-state index in [-0.39, 0.29) is 11.5 Å². The molecule has 7 heteroatoms. The Bertz CT molecular complexity index is 915. The number of carbonyl (C=O) groups is 1. The van der Waals surface area contributed by atoms with E-state index in [1.165, 1.54) is 10.6 Å². The fourth-order valence-electron chi connectivity index (χ4n) is 2.19. The highest BCUT2D eigenvalue weighted by atomic mass is 16.5. The van der Waals surface area contributed by atoms with Crippen molar-refractivity contribution < 1.29 is 9.32 Å². The first-order valence-electron chi connectivity index (χ1n) is 7.41. The summed E-state index contributed by atoms with van der Waals surface area (Å²) in [6.45, 7) is 1.76. The Kier molecular flexibility index (Phi) is 4.24. The molecule has 0 bridgehead atoms. The molecule has 1 aromatic carbocycles. The summed E-state index contributed by atoms with van der Waals surface area (Å²) in [7, 11) is 1.65. The van der Waals surface area contributed by atoms with Gasteiger partial charge in [-0.15, -0.1) is 0 Å². The fraction of sp³-hybridized carbons (Fsp3) is 0.176. The number of pyridine rings is 1. The average Bonchev–Trinajstić information content (AvgIpc) is 3.08. The number of rotatable bonds is 4. The standard InChI is InChI=1S/C17H16N4O3/c1-11(18-16(23)12-6-4-3-5-7-12)17-19-15(20-24-17)13-8-9-14(22)21(2)10-13/h3-11H,1-2H3,(H,18,23)/t11-/m0/s1. The zero-order chi connectivity index (χ0) is 17.1. The normalized spacial score (nSPS) is 11.9. The molecule has 0 saturated carbocycles. The molecule has 0 aliphatic heterocycles. The topological polar surface area (TPSA) is 90.0 Å². The summed E-state index contributed by atoms with van der Waals surface area (Å²) in [6, 6.07) is 11.5. The molecule has 3 rings (SSSR count). The maximum Gasteiger partial charge on any atom is 0.251 e. The first kappa shape index (κ1) is 15.7. The summed E-state index contributed by atoms with van der Waals surface area (Å²) in [4.78, 5) is 27.9. The van der Waals surface area contributed by atoms with Gasteiger partial charge in [-0.1, -0.05) is 23.4 Å². The van der Waals surface area contributed by atoms with Gasteiger partial charge in [0, 0.05) is 30.4 Å². The average molecular weight is 324 g/mol. The van der Waals surface area contributed by atoms with Crippen LogP contribution in [0.2, 0.25) is 0 Å². The summed E-state index contributed by atoms with van der Waals surface area (Å²) in [5.74, 6) is 0.439. The van der Waals surface area contributed by atoms with E-state index in [1.807, 2.05) is 6.07 Å². The van der Waals surface area contributed by atoms with Crippen molar-refractivity contribution in [2.45, 2.75) is 13.0 Å². The van der Waals surface area contributed by atoms with Gasteiger partial charge in [0.05, 0.1) is 0 Å². The summed E-state index contributed by atoms with van der Waals surface area (Å²) in [5, 5.41) is 6.71.